The van der Waals surface area contributed by atoms with E-state index in [1.807, 2.05) is 0 Å². The predicted molar refractivity (Wildman–Crippen MR) is 64.9 cm³/mol. The Kier molecular flexibility index (Phi) is 3.32. The molecule has 4 nitrogen and oxygen atoms in total. The van der Waals surface area contributed by atoms with Crippen molar-refractivity contribution in [2.45, 2.75) is 19.1 Å². The molecule has 1 aromatic carbocycles. The molecule has 0 aliphatic heterocycles. The van der Waals surface area contributed by atoms with Crippen molar-refractivity contribution in [1.82, 2.24) is 9.55 Å². The first-order valence-corrected chi connectivity index (χ1v) is 5.61. The Morgan fingerprint density at radius 1 is 1.37 bits per heavy atom. The fourth-order valence-electron chi connectivity index (χ4n) is 1.97. The summed E-state index contributed by atoms with van der Waals surface area (Å²) in [6.07, 6.45) is -4.59. The van der Waals surface area contributed by atoms with Gasteiger partial charge in [0.05, 0.1) is 11.0 Å². The number of nitrogens with zero attached hydrogens (tertiary/aromatic N) is 2. The van der Waals surface area contributed by atoms with E-state index in [4.69, 9.17) is 5.73 Å². The zero-order valence-electron chi connectivity index (χ0n) is 10.1. The number of hydrogen-bond donors (Lipinski definition) is 1. The van der Waals surface area contributed by atoms with Crippen molar-refractivity contribution in [3.8, 4) is 0 Å². The Morgan fingerprint density at radius 3 is 2.58 bits per heavy atom. The largest absolute Gasteiger partial charge is 0.410 e. The number of aryl methyl sites for hydroxylation is 1. The van der Waals surface area contributed by atoms with Crippen LogP contribution in [0.2, 0.25) is 0 Å². The highest BCUT2D eigenvalue weighted by Crippen LogP contribution is 2.30. The van der Waals surface area contributed by atoms with Crippen LogP contribution >= 0.6 is 0 Å². The lowest BCUT2D eigenvalue weighted by atomic mass is 10.2. The Hall–Kier alpha value is -1.89. The second-order valence-corrected chi connectivity index (χ2v) is 4.15. The summed E-state index contributed by atoms with van der Waals surface area (Å²) in [6, 6.07) is 4.14. The molecular weight excluding hydrogens is 259 g/mol. The van der Waals surface area contributed by atoms with Gasteiger partial charge in [-0.25, -0.2) is 4.98 Å². The quantitative estimate of drug-likeness (QED) is 0.905. The van der Waals surface area contributed by atoms with E-state index in [2.05, 4.69) is 4.98 Å². The molecule has 0 amide bonds. The van der Waals surface area contributed by atoms with Gasteiger partial charge < -0.3 is 5.73 Å². The van der Waals surface area contributed by atoms with Crippen molar-refractivity contribution in [1.29, 1.82) is 0 Å². The highest BCUT2D eigenvalue weighted by molar-refractivity contribution is 5.74. The van der Waals surface area contributed by atoms with Gasteiger partial charge >= 0.3 is 6.18 Å². The lowest BCUT2D eigenvalue weighted by Gasteiger charge is -2.23. The zero-order valence-corrected chi connectivity index (χ0v) is 10.1. The average molecular weight is 271 g/mol. The first-order valence-electron chi connectivity index (χ1n) is 5.61. The summed E-state index contributed by atoms with van der Waals surface area (Å²) in [5, 5.41) is 0. The summed E-state index contributed by atoms with van der Waals surface area (Å²) in [6.45, 7) is 0.687. The SMILES string of the molecule is Cc1nc2ccccc2n(C(CN)C(F)(F)F)c1=O. The summed E-state index contributed by atoms with van der Waals surface area (Å²) in [4.78, 5) is 16.0. The minimum Gasteiger partial charge on any atom is -0.328 e. The van der Waals surface area contributed by atoms with E-state index < -0.39 is 24.3 Å². The molecule has 1 aromatic heterocycles. The molecule has 1 heterocycles. The van der Waals surface area contributed by atoms with Crippen LogP contribution in [0.1, 0.15) is 11.7 Å². The Bertz CT molecular complexity index is 663. The molecule has 0 bridgehead atoms. The standard InChI is InChI=1S/C12H12F3N3O/c1-7-11(19)18(10(6-16)12(13,14)15)9-5-3-2-4-8(9)17-7/h2-5,10H,6,16H2,1H3. The van der Waals surface area contributed by atoms with Gasteiger partial charge in [0.15, 0.2) is 0 Å². The van der Waals surface area contributed by atoms with Crippen LogP contribution in [0.5, 0.6) is 0 Å². The van der Waals surface area contributed by atoms with Gasteiger partial charge in [0.25, 0.3) is 5.56 Å². The molecule has 1 atom stereocenters. The van der Waals surface area contributed by atoms with Crippen LogP contribution < -0.4 is 11.3 Å². The minimum absolute atomic E-state index is 0.0152. The first-order chi connectivity index (χ1) is 8.86. The van der Waals surface area contributed by atoms with Crippen LogP contribution in [0.15, 0.2) is 29.1 Å². The summed E-state index contributed by atoms with van der Waals surface area (Å²) < 4.78 is 39.6. The van der Waals surface area contributed by atoms with Gasteiger partial charge in [0.1, 0.15) is 11.7 Å². The zero-order chi connectivity index (χ0) is 14.2. The molecule has 2 aromatic rings. The molecule has 0 radical (unpaired) electrons. The molecule has 0 aliphatic rings. The van der Waals surface area contributed by atoms with Crippen molar-refractivity contribution in [3.05, 3.63) is 40.3 Å². The van der Waals surface area contributed by atoms with E-state index in [1.165, 1.54) is 13.0 Å². The van der Waals surface area contributed by atoms with E-state index in [1.54, 1.807) is 18.2 Å². The van der Waals surface area contributed by atoms with E-state index in [-0.39, 0.29) is 11.2 Å². The summed E-state index contributed by atoms with van der Waals surface area (Å²) in [7, 11) is 0. The van der Waals surface area contributed by atoms with Gasteiger partial charge in [-0.3, -0.25) is 9.36 Å². The number of hydrogen-bond acceptors (Lipinski definition) is 3. The number of para-hydroxylation sites is 2. The second-order valence-electron chi connectivity index (χ2n) is 4.15. The number of nitrogens with two attached hydrogens (primary N) is 1. The monoisotopic (exact) mass is 271 g/mol. The maximum atomic E-state index is 13.0. The highest BCUT2D eigenvalue weighted by atomic mass is 19.4. The van der Waals surface area contributed by atoms with Crippen molar-refractivity contribution < 1.29 is 13.2 Å². The molecule has 102 valence electrons. The molecule has 0 saturated carbocycles. The average Bonchev–Trinajstić information content (AvgIpc) is 2.33. The Balaban J connectivity index is 2.84. The van der Waals surface area contributed by atoms with Crippen LogP contribution in [0, 0.1) is 6.92 Å². The normalized spacial score (nSPS) is 13.7. The predicted octanol–water partition coefficient (Wildman–Crippen LogP) is 1.77. The van der Waals surface area contributed by atoms with Gasteiger partial charge in [-0.2, -0.15) is 13.2 Å². The molecule has 0 aliphatic carbocycles. The molecule has 19 heavy (non-hydrogen) atoms. The van der Waals surface area contributed by atoms with Crippen LogP contribution in [0.25, 0.3) is 11.0 Å². The van der Waals surface area contributed by atoms with Crippen LogP contribution in [-0.4, -0.2) is 22.3 Å². The smallest absolute Gasteiger partial charge is 0.328 e. The topological polar surface area (TPSA) is 60.9 Å². The molecule has 7 heteroatoms. The third-order valence-corrected chi connectivity index (χ3v) is 2.87. The van der Waals surface area contributed by atoms with Crippen molar-refractivity contribution in [2.75, 3.05) is 6.54 Å². The molecule has 0 saturated heterocycles. The minimum atomic E-state index is -4.59. The lowest BCUT2D eigenvalue weighted by Crippen LogP contribution is -2.40. The van der Waals surface area contributed by atoms with E-state index in [9.17, 15) is 18.0 Å². The molecule has 2 rings (SSSR count). The second kappa shape index (κ2) is 4.65. The fourth-order valence-corrected chi connectivity index (χ4v) is 1.97. The van der Waals surface area contributed by atoms with Gasteiger partial charge in [-0.15, -0.1) is 0 Å². The van der Waals surface area contributed by atoms with Crippen LogP contribution in [0.3, 0.4) is 0 Å². The van der Waals surface area contributed by atoms with E-state index in [0.717, 1.165) is 0 Å². The molecule has 0 spiro atoms. The molecular formula is C12H12F3N3O. The Morgan fingerprint density at radius 2 is 2.00 bits per heavy atom. The van der Waals surface area contributed by atoms with Gasteiger partial charge in [0.2, 0.25) is 0 Å². The summed E-state index contributed by atoms with van der Waals surface area (Å²) >= 11 is 0. The number of alkyl halides is 3. The summed E-state index contributed by atoms with van der Waals surface area (Å²) in [5.41, 5.74) is 4.91. The number of benzene rings is 1. The Labute approximate surface area is 106 Å². The van der Waals surface area contributed by atoms with Gasteiger partial charge in [-0.05, 0) is 19.1 Å². The maximum Gasteiger partial charge on any atom is 0.410 e. The number of aromatic nitrogens is 2. The fraction of sp³-hybridized carbons (Fsp3) is 0.333. The number of fused-ring (bicyclic) bond motifs is 1. The van der Waals surface area contributed by atoms with Gasteiger partial charge in [-0.1, -0.05) is 12.1 Å². The van der Waals surface area contributed by atoms with Crippen molar-refractivity contribution in [3.63, 3.8) is 0 Å². The molecule has 1 unspecified atom stereocenters. The number of rotatable bonds is 2. The summed E-state index contributed by atoms with van der Waals surface area (Å²) in [5.74, 6) is 0. The van der Waals surface area contributed by atoms with E-state index >= 15 is 0 Å². The van der Waals surface area contributed by atoms with Crippen LogP contribution in [0.4, 0.5) is 13.2 Å². The van der Waals surface area contributed by atoms with Crippen LogP contribution in [-0.2, 0) is 0 Å². The molecule has 0 fully saturated rings. The highest BCUT2D eigenvalue weighted by Gasteiger charge is 2.41. The number of halogens is 3. The lowest BCUT2D eigenvalue weighted by molar-refractivity contribution is -0.164. The van der Waals surface area contributed by atoms with E-state index in [0.29, 0.717) is 10.1 Å². The first kappa shape index (κ1) is 13.5. The van der Waals surface area contributed by atoms with Crippen molar-refractivity contribution in [2.24, 2.45) is 5.73 Å². The van der Waals surface area contributed by atoms with Gasteiger partial charge in [0, 0.05) is 6.54 Å². The maximum absolute atomic E-state index is 13.0. The third-order valence-electron chi connectivity index (χ3n) is 2.87. The van der Waals surface area contributed by atoms with Crippen molar-refractivity contribution >= 4 is 11.0 Å². The third kappa shape index (κ3) is 2.33. The molecule has 2 N–H and O–H groups in total.